The fourth-order valence-electron chi connectivity index (χ4n) is 2.34. The summed E-state index contributed by atoms with van der Waals surface area (Å²) in [4.78, 5) is 18.4. The van der Waals surface area contributed by atoms with Crippen molar-refractivity contribution in [2.75, 3.05) is 20.1 Å². The van der Waals surface area contributed by atoms with E-state index in [9.17, 15) is 9.90 Å². The first kappa shape index (κ1) is 14.0. The van der Waals surface area contributed by atoms with Crippen LogP contribution in [-0.2, 0) is 17.9 Å². The number of piperidine rings is 1. The van der Waals surface area contributed by atoms with E-state index < -0.39 is 6.10 Å². The SMILES string of the molecule is CCn1cnc(CNC(=O)[C@@H]2CN(C)CC[C@@H]2O)c1. The average molecular weight is 266 g/mol. The summed E-state index contributed by atoms with van der Waals surface area (Å²) in [5.41, 5.74) is 0.842. The van der Waals surface area contributed by atoms with E-state index in [1.54, 1.807) is 6.33 Å². The third-order valence-corrected chi connectivity index (χ3v) is 3.61. The number of likely N-dealkylation sites (tertiary alicyclic amines) is 1. The second-order valence-electron chi connectivity index (χ2n) is 5.14. The van der Waals surface area contributed by atoms with Crippen LogP contribution in [0.1, 0.15) is 19.0 Å². The Morgan fingerprint density at radius 1 is 1.63 bits per heavy atom. The Kier molecular flexibility index (Phi) is 4.55. The minimum Gasteiger partial charge on any atom is -0.392 e. The minimum absolute atomic E-state index is 0.0925. The van der Waals surface area contributed by atoms with Gasteiger partial charge in [0.25, 0.3) is 0 Å². The molecule has 2 rings (SSSR count). The van der Waals surface area contributed by atoms with Crippen LogP contribution in [0.3, 0.4) is 0 Å². The number of amides is 1. The van der Waals surface area contributed by atoms with E-state index in [-0.39, 0.29) is 11.8 Å². The first-order valence-corrected chi connectivity index (χ1v) is 6.75. The van der Waals surface area contributed by atoms with E-state index in [1.807, 2.05) is 24.7 Å². The lowest BCUT2D eigenvalue weighted by atomic mass is 9.94. The molecule has 0 aromatic carbocycles. The maximum absolute atomic E-state index is 12.1. The maximum Gasteiger partial charge on any atom is 0.227 e. The van der Waals surface area contributed by atoms with Crippen molar-refractivity contribution in [3.63, 3.8) is 0 Å². The lowest BCUT2D eigenvalue weighted by Gasteiger charge is -2.32. The Balaban J connectivity index is 1.86. The standard InChI is InChI=1S/C13H22N4O2/c1-3-17-7-10(15-9-17)6-14-13(19)11-8-16(2)5-4-12(11)18/h7,9,11-12,18H,3-6,8H2,1-2H3,(H,14,19)/t11-,12+/m1/s1. The molecule has 6 nitrogen and oxygen atoms in total. The van der Waals surface area contributed by atoms with Crippen molar-refractivity contribution >= 4 is 5.91 Å². The van der Waals surface area contributed by atoms with Crippen molar-refractivity contribution < 1.29 is 9.90 Å². The van der Waals surface area contributed by atoms with Gasteiger partial charge in [0.2, 0.25) is 5.91 Å². The molecule has 1 amide bonds. The van der Waals surface area contributed by atoms with Gasteiger partial charge < -0.3 is 19.9 Å². The number of rotatable bonds is 4. The summed E-state index contributed by atoms with van der Waals surface area (Å²) in [7, 11) is 1.97. The number of imidazole rings is 1. The molecule has 2 atom stereocenters. The van der Waals surface area contributed by atoms with Crippen molar-refractivity contribution in [1.82, 2.24) is 19.8 Å². The molecule has 1 aliphatic heterocycles. The van der Waals surface area contributed by atoms with Gasteiger partial charge in [-0.15, -0.1) is 0 Å². The number of carbonyl (C=O) groups excluding carboxylic acids is 1. The Labute approximate surface area is 113 Å². The number of carbonyl (C=O) groups is 1. The van der Waals surface area contributed by atoms with Crippen LogP contribution in [0, 0.1) is 5.92 Å². The monoisotopic (exact) mass is 266 g/mol. The van der Waals surface area contributed by atoms with Gasteiger partial charge in [-0.3, -0.25) is 4.79 Å². The lowest BCUT2D eigenvalue weighted by molar-refractivity contribution is -0.131. The van der Waals surface area contributed by atoms with Crippen molar-refractivity contribution in [2.24, 2.45) is 5.92 Å². The van der Waals surface area contributed by atoms with E-state index in [1.165, 1.54) is 0 Å². The predicted molar refractivity (Wildman–Crippen MR) is 71.4 cm³/mol. The molecule has 106 valence electrons. The molecule has 0 aliphatic carbocycles. The first-order chi connectivity index (χ1) is 9.10. The number of aliphatic hydroxyl groups excluding tert-OH is 1. The molecule has 6 heteroatoms. The van der Waals surface area contributed by atoms with Crippen LogP contribution in [0.2, 0.25) is 0 Å². The number of aryl methyl sites for hydroxylation is 1. The average Bonchev–Trinajstić information content (AvgIpc) is 2.87. The van der Waals surface area contributed by atoms with Gasteiger partial charge in [0.1, 0.15) is 0 Å². The summed E-state index contributed by atoms with van der Waals surface area (Å²) in [6.07, 6.45) is 3.79. The minimum atomic E-state index is -0.538. The Bertz CT molecular complexity index is 432. The highest BCUT2D eigenvalue weighted by Crippen LogP contribution is 2.16. The number of nitrogens with zero attached hydrogens (tertiary/aromatic N) is 3. The second-order valence-corrected chi connectivity index (χ2v) is 5.14. The molecule has 1 saturated heterocycles. The van der Waals surface area contributed by atoms with Crippen LogP contribution in [-0.4, -0.2) is 51.7 Å². The molecule has 0 saturated carbocycles. The van der Waals surface area contributed by atoms with E-state index in [2.05, 4.69) is 15.2 Å². The van der Waals surface area contributed by atoms with E-state index >= 15 is 0 Å². The molecule has 1 aromatic rings. The van der Waals surface area contributed by atoms with E-state index in [4.69, 9.17) is 0 Å². The highest BCUT2D eigenvalue weighted by atomic mass is 16.3. The van der Waals surface area contributed by atoms with E-state index in [0.717, 1.165) is 18.8 Å². The second kappa shape index (κ2) is 6.16. The quantitative estimate of drug-likeness (QED) is 0.794. The molecule has 0 unspecified atom stereocenters. The first-order valence-electron chi connectivity index (χ1n) is 6.75. The highest BCUT2D eigenvalue weighted by Gasteiger charge is 2.31. The zero-order chi connectivity index (χ0) is 13.8. The molecular formula is C13H22N4O2. The molecule has 1 aromatic heterocycles. The van der Waals surface area contributed by atoms with Crippen molar-refractivity contribution in [3.05, 3.63) is 18.2 Å². The van der Waals surface area contributed by atoms with Crippen LogP contribution in [0.5, 0.6) is 0 Å². The Morgan fingerprint density at radius 3 is 3.11 bits per heavy atom. The number of hydrogen-bond acceptors (Lipinski definition) is 4. The number of nitrogens with one attached hydrogen (secondary N) is 1. The van der Waals surface area contributed by atoms with Gasteiger partial charge in [-0.05, 0) is 20.4 Å². The number of aromatic nitrogens is 2. The smallest absolute Gasteiger partial charge is 0.227 e. The van der Waals surface area contributed by atoms with Gasteiger partial charge in [-0.1, -0.05) is 0 Å². The fraction of sp³-hybridized carbons (Fsp3) is 0.692. The molecule has 1 aliphatic rings. The predicted octanol–water partition coefficient (Wildman–Crippen LogP) is -0.168. The van der Waals surface area contributed by atoms with Gasteiger partial charge in [-0.2, -0.15) is 0 Å². The highest BCUT2D eigenvalue weighted by molar-refractivity contribution is 5.79. The van der Waals surface area contributed by atoms with Crippen LogP contribution in [0.4, 0.5) is 0 Å². The summed E-state index contributed by atoms with van der Waals surface area (Å²) in [6.45, 7) is 4.77. The van der Waals surface area contributed by atoms with Crippen LogP contribution in [0.15, 0.2) is 12.5 Å². The molecule has 19 heavy (non-hydrogen) atoms. The maximum atomic E-state index is 12.1. The molecular weight excluding hydrogens is 244 g/mol. The summed E-state index contributed by atoms with van der Waals surface area (Å²) < 4.78 is 1.96. The lowest BCUT2D eigenvalue weighted by Crippen LogP contribution is -2.48. The fourth-order valence-corrected chi connectivity index (χ4v) is 2.34. The Hall–Kier alpha value is -1.40. The van der Waals surface area contributed by atoms with Crippen LogP contribution in [0.25, 0.3) is 0 Å². The number of aliphatic hydroxyl groups is 1. The largest absolute Gasteiger partial charge is 0.392 e. The Morgan fingerprint density at radius 2 is 2.42 bits per heavy atom. The summed E-state index contributed by atoms with van der Waals surface area (Å²) in [5, 5.41) is 12.7. The third-order valence-electron chi connectivity index (χ3n) is 3.61. The zero-order valence-corrected chi connectivity index (χ0v) is 11.5. The summed E-state index contributed by atoms with van der Waals surface area (Å²) in [5.74, 6) is -0.433. The topological polar surface area (TPSA) is 70.4 Å². The van der Waals surface area contributed by atoms with Gasteiger partial charge in [-0.25, -0.2) is 4.98 Å². The van der Waals surface area contributed by atoms with Crippen LogP contribution >= 0.6 is 0 Å². The van der Waals surface area contributed by atoms with Gasteiger partial charge >= 0.3 is 0 Å². The normalized spacial score (nSPS) is 24.4. The summed E-state index contributed by atoms with van der Waals surface area (Å²) in [6, 6.07) is 0. The van der Waals surface area contributed by atoms with Gasteiger partial charge in [0, 0.05) is 25.8 Å². The zero-order valence-electron chi connectivity index (χ0n) is 11.5. The molecule has 2 heterocycles. The third kappa shape index (κ3) is 3.54. The molecule has 1 fully saturated rings. The summed E-state index contributed by atoms with van der Waals surface area (Å²) >= 11 is 0. The molecule has 0 spiro atoms. The van der Waals surface area contributed by atoms with E-state index in [0.29, 0.717) is 19.5 Å². The number of hydrogen-bond donors (Lipinski definition) is 2. The van der Waals surface area contributed by atoms with Gasteiger partial charge in [0.05, 0.1) is 30.6 Å². The molecule has 2 N–H and O–H groups in total. The van der Waals surface area contributed by atoms with Gasteiger partial charge in [0.15, 0.2) is 0 Å². The van der Waals surface area contributed by atoms with Crippen molar-refractivity contribution in [1.29, 1.82) is 0 Å². The van der Waals surface area contributed by atoms with Crippen molar-refractivity contribution in [3.8, 4) is 0 Å². The van der Waals surface area contributed by atoms with Crippen molar-refractivity contribution in [2.45, 2.75) is 32.5 Å². The molecule has 0 radical (unpaired) electrons. The molecule has 0 bridgehead atoms. The van der Waals surface area contributed by atoms with Crippen LogP contribution < -0.4 is 5.32 Å².